The minimum absolute atomic E-state index is 0.0646. The second kappa shape index (κ2) is 10.5. The second-order valence-corrected chi connectivity index (χ2v) is 6.65. The van der Waals surface area contributed by atoms with E-state index in [1.54, 1.807) is 36.4 Å². The first kappa shape index (κ1) is 20.7. The SMILES string of the molecule is CCCC(OC(=O)c1ccccc1)C(CC)C(C)OC(=O)c1ccccc1. The quantitative estimate of drug-likeness (QED) is 0.565. The summed E-state index contributed by atoms with van der Waals surface area (Å²) in [5, 5.41) is 0. The molecular weight excluding hydrogens is 340 g/mol. The topological polar surface area (TPSA) is 52.6 Å². The lowest BCUT2D eigenvalue weighted by atomic mass is 9.91. The minimum atomic E-state index is -0.358. The number of hydrogen-bond acceptors (Lipinski definition) is 4. The Morgan fingerprint density at radius 2 is 1.30 bits per heavy atom. The van der Waals surface area contributed by atoms with Crippen LogP contribution in [0.15, 0.2) is 60.7 Å². The lowest BCUT2D eigenvalue weighted by molar-refractivity contribution is -0.0313. The maximum atomic E-state index is 12.5. The zero-order chi connectivity index (χ0) is 19.6. The van der Waals surface area contributed by atoms with Gasteiger partial charge in [-0.1, -0.05) is 56.7 Å². The molecule has 0 aliphatic rings. The van der Waals surface area contributed by atoms with E-state index in [0.717, 1.165) is 19.3 Å². The van der Waals surface area contributed by atoms with E-state index in [1.165, 1.54) is 0 Å². The number of carbonyl (C=O) groups is 2. The zero-order valence-electron chi connectivity index (χ0n) is 16.3. The smallest absolute Gasteiger partial charge is 0.338 e. The predicted molar refractivity (Wildman–Crippen MR) is 106 cm³/mol. The Labute approximate surface area is 161 Å². The number of esters is 2. The average molecular weight is 368 g/mol. The molecule has 0 amide bonds. The summed E-state index contributed by atoms with van der Waals surface area (Å²) in [6.45, 7) is 5.95. The Hall–Kier alpha value is -2.62. The van der Waals surface area contributed by atoms with Crippen molar-refractivity contribution in [2.24, 2.45) is 5.92 Å². The Balaban J connectivity index is 2.07. The van der Waals surface area contributed by atoms with E-state index in [-0.39, 0.29) is 30.1 Å². The van der Waals surface area contributed by atoms with E-state index in [4.69, 9.17) is 9.47 Å². The largest absolute Gasteiger partial charge is 0.459 e. The highest BCUT2D eigenvalue weighted by molar-refractivity contribution is 5.90. The number of ether oxygens (including phenoxy) is 2. The molecule has 3 unspecified atom stereocenters. The fourth-order valence-electron chi connectivity index (χ4n) is 3.22. The Kier molecular flexibility index (Phi) is 8.05. The van der Waals surface area contributed by atoms with Gasteiger partial charge in [-0.2, -0.15) is 0 Å². The Morgan fingerprint density at radius 1 is 0.815 bits per heavy atom. The van der Waals surface area contributed by atoms with Crippen LogP contribution in [-0.4, -0.2) is 24.1 Å². The second-order valence-electron chi connectivity index (χ2n) is 6.65. The Bertz CT molecular complexity index is 712. The van der Waals surface area contributed by atoms with E-state index in [9.17, 15) is 9.59 Å². The van der Waals surface area contributed by atoms with Crippen LogP contribution in [0.2, 0.25) is 0 Å². The molecular formula is C23H28O4. The highest BCUT2D eigenvalue weighted by atomic mass is 16.6. The van der Waals surface area contributed by atoms with E-state index >= 15 is 0 Å². The van der Waals surface area contributed by atoms with Crippen LogP contribution in [0.5, 0.6) is 0 Å². The number of carbonyl (C=O) groups excluding carboxylic acids is 2. The van der Waals surface area contributed by atoms with Crippen molar-refractivity contribution in [3.8, 4) is 0 Å². The van der Waals surface area contributed by atoms with Crippen LogP contribution >= 0.6 is 0 Å². The third-order valence-corrected chi connectivity index (χ3v) is 4.70. The Morgan fingerprint density at radius 3 is 1.74 bits per heavy atom. The van der Waals surface area contributed by atoms with Crippen LogP contribution in [0.1, 0.15) is 60.7 Å². The maximum absolute atomic E-state index is 12.5. The van der Waals surface area contributed by atoms with Crippen molar-refractivity contribution in [2.45, 2.75) is 52.2 Å². The molecule has 4 heteroatoms. The van der Waals surface area contributed by atoms with Gasteiger partial charge >= 0.3 is 11.9 Å². The van der Waals surface area contributed by atoms with Gasteiger partial charge in [0.15, 0.2) is 0 Å². The molecule has 0 spiro atoms. The average Bonchev–Trinajstić information content (AvgIpc) is 2.70. The zero-order valence-corrected chi connectivity index (χ0v) is 16.3. The standard InChI is InChI=1S/C23H28O4/c1-4-12-21(27-23(25)19-15-10-7-11-16-19)20(5-2)17(3)26-22(24)18-13-8-6-9-14-18/h6-11,13-17,20-21H,4-5,12H2,1-3H3. The molecule has 0 aromatic heterocycles. The molecule has 144 valence electrons. The normalized spacial score (nSPS) is 14.0. The summed E-state index contributed by atoms with van der Waals surface area (Å²) < 4.78 is 11.5. The summed E-state index contributed by atoms with van der Waals surface area (Å²) in [4.78, 5) is 24.9. The van der Waals surface area contributed by atoms with Crippen LogP contribution in [0.4, 0.5) is 0 Å². The fourth-order valence-corrected chi connectivity index (χ4v) is 3.22. The van der Waals surface area contributed by atoms with Gasteiger partial charge < -0.3 is 9.47 Å². The molecule has 0 bridgehead atoms. The predicted octanol–water partition coefficient (Wildman–Crippen LogP) is 5.28. The van der Waals surface area contributed by atoms with Gasteiger partial charge in [0.05, 0.1) is 11.1 Å². The summed E-state index contributed by atoms with van der Waals surface area (Å²) in [5.41, 5.74) is 1.05. The van der Waals surface area contributed by atoms with Crippen molar-refractivity contribution in [3.63, 3.8) is 0 Å². The van der Waals surface area contributed by atoms with Crippen LogP contribution in [0.25, 0.3) is 0 Å². The van der Waals surface area contributed by atoms with Crippen molar-refractivity contribution in [1.29, 1.82) is 0 Å². The first-order chi connectivity index (χ1) is 13.1. The summed E-state index contributed by atoms with van der Waals surface area (Å²) in [6.07, 6.45) is 1.69. The molecule has 0 aliphatic carbocycles. The molecule has 3 atom stereocenters. The maximum Gasteiger partial charge on any atom is 0.338 e. The number of rotatable bonds is 9. The van der Waals surface area contributed by atoms with Gasteiger partial charge in [0.25, 0.3) is 0 Å². The lowest BCUT2D eigenvalue weighted by Gasteiger charge is -2.30. The summed E-state index contributed by atoms with van der Waals surface area (Å²) in [7, 11) is 0. The summed E-state index contributed by atoms with van der Waals surface area (Å²) in [5.74, 6) is -0.759. The molecule has 0 saturated carbocycles. The molecule has 2 rings (SSSR count). The molecule has 2 aromatic carbocycles. The van der Waals surface area contributed by atoms with Gasteiger partial charge in [-0.05, 0) is 44.0 Å². The highest BCUT2D eigenvalue weighted by Crippen LogP contribution is 2.25. The summed E-state index contributed by atoms with van der Waals surface area (Å²) in [6, 6.07) is 17.9. The fraction of sp³-hybridized carbons (Fsp3) is 0.391. The van der Waals surface area contributed by atoms with Crippen molar-refractivity contribution in [1.82, 2.24) is 0 Å². The monoisotopic (exact) mass is 368 g/mol. The molecule has 4 nitrogen and oxygen atoms in total. The van der Waals surface area contributed by atoms with E-state index < -0.39 is 0 Å². The van der Waals surface area contributed by atoms with Crippen molar-refractivity contribution >= 4 is 11.9 Å². The number of hydrogen-bond donors (Lipinski definition) is 0. The van der Waals surface area contributed by atoms with Crippen LogP contribution < -0.4 is 0 Å². The molecule has 27 heavy (non-hydrogen) atoms. The van der Waals surface area contributed by atoms with E-state index in [1.807, 2.05) is 38.1 Å². The highest BCUT2D eigenvalue weighted by Gasteiger charge is 2.31. The minimum Gasteiger partial charge on any atom is -0.459 e. The van der Waals surface area contributed by atoms with Crippen LogP contribution in [-0.2, 0) is 9.47 Å². The lowest BCUT2D eigenvalue weighted by Crippen LogP contribution is -2.36. The first-order valence-corrected chi connectivity index (χ1v) is 9.58. The molecule has 0 fully saturated rings. The van der Waals surface area contributed by atoms with Gasteiger partial charge in [-0.3, -0.25) is 0 Å². The van der Waals surface area contributed by atoms with Gasteiger partial charge in [-0.15, -0.1) is 0 Å². The van der Waals surface area contributed by atoms with Gasteiger partial charge in [0, 0.05) is 5.92 Å². The van der Waals surface area contributed by atoms with Crippen molar-refractivity contribution in [2.75, 3.05) is 0 Å². The molecule has 0 radical (unpaired) electrons. The third-order valence-electron chi connectivity index (χ3n) is 4.70. The first-order valence-electron chi connectivity index (χ1n) is 9.58. The third kappa shape index (κ3) is 5.95. The number of benzene rings is 2. The molecule has 2 aromatic rings. The molecule has 0 heterocycles. The van der Waals surface area contributed by atoms with Crippen molar-refractivity contribution < 1.29 is 19.1 Å². The van der Waals surface area contributed by atoms with Crippen LogP contribution in [0, 0.1) is 5.92 Å². The van der Waals surface area contributed by atoms with Gasteiger partial charge in [-0.25, -0.2) is 9.59 Å². The molecule has 0 aliphatic heterocycles. The van der Waals surface area contributed by atoms with E-state index in [2.05, 4.69) is 6.92 Å². The molecule has 0 N–H and O–H groups in total. The molecule has 0 saturated heterocycles. The van der Waals surface area contributed by atoms with Gasteiger partial charge in [0.2, 0.25) is 0 Å². The van der Waals surface area contributed by atoms with Crippen molar-refractivity contribution in [3.05, 3.63) is 71.8 Å². The van der Waals surface area contributed by atoms with Gasteiger partial charge in [0.1, 0.15) is 12.2 Å². The summed E-state index contributed by atoms with van der Waals surface area (Å²) >= 11 is 0. The van der Waals surface area contributed by atoms with E-state index in [0.29, 0.717) is 11.1 Å². The van der Waals surface area contributed by atoms with Crippen LogP contribution in [0.3, 0.4) is 0 Å².